The van der Waals surface area contributed by atoms with Crippen LogP contribution in [0, 0.1) is 0 Å². The van der Waals surface area contributed by atoms with Gasteiger partial charge in [-0.1, -0.05) is 12.1 Å². The number of carboxylic acids is 1. The number of carbonyl (C=O) groups excluding carboxylic acids is 4. The number of carbonyl (C=O) groups is 5. The fourth-order valence-corrected chi connectivity index (χ4v) is 4.39. The molecule has 0 saturated carbocycles. The number of phenols is 1. The summed E-state index contributed by atoms with van der Waals surface area (Å²) < 4.78 is 0. The molecule has 4 atom stereocenters. The maximum absolute atomic E-state index is 13.1. The second-order valence-corrected chi connectivity index (χ2v) is 9.56. The molecule has 0 aromatic heterocycles. The van der Waals surface area contributed by atoms with E-state index < -0.39 is 60.2 Å². The largest absolute Gasteiger partial charge is 0.508 e. The van der Waals surface area contributed by atoms with E-state index in [1.165, 1.54) is 28.8 Å². The number of hydrogen-bond acceptors (Lipinski definition) is 8. The number of nitrogens with one attached hydrogen (secondary N) is 2. The molecule has 1 aliphatic heterocycles. The number of benzene rings is 1. The summed E-state index contributed by atoms with van der Waals surface area (Å²) in [5, 5.41) is 23.8. The van der Waals surface area contributed by atoms with Crippen LogP contribution in [0.25, 0.3) is 0 Å². The van der Waals surface area contributed by atoms with E-state index >= 15 is 0 Å². The van der Waals surface area contributed by atoms with E-state index in [1.54, 1.807) is 12.1 Å². The van der Waals surface area contributed by atoms with E-state index in [0.29, 0.717) is 24.2 Å². The second-order valence-electron chi connectivity index (χ2n) is 8.58. The van der Waals surface area contributed by atoms with Crippen molar-refractivity contribution >= 4 is 41.4 Å². The Hall–Kier alpha value is -3.32. The number of thioether (sulfide) groups is 1. The number of nitrogens with zero attached hydrogens (tertiary/aromatic N) is 1. The molecule has 8 N–H and O–H groups in total. The Balaban J connectivity index is 2.11. The standard InChI is InChI=1S/C23H33N5O7S/c1-36-10-8-16(22(33)28-9-2-3-18(28)23(34)35)26-21(32)17(12-19(25)30)27-20(31)15(24)11-13-4-6-14(29)7-5-13/h4-7,15-18,29H,2-3,8-12,24H2,1H3,(H2,25,30)(H,26,32)(H,27,31)(H,34,35). The number of phenolic OH excluding ortho intramolecular Hbond substituents is 1. The normalized spacial score (nSPS) is 17.6. The summed E-state index contributed by atoms with van der Waals surface area (Å²) >= 11 is 1.45. The van der Waals surface area contributed by atoms with Crippen LogP contribution in [0.3, 0.4) is 0 Å². The summed E-state index contributed by atoms with van der Waals surface area (Å²) in [5.74, 6) is -3.43. The van der Waals surface area contributed by atoms with Gasteiger partial charge in [-0.25, -0.2) is 4.79 Å². The molecule has 1 heterocycles. The van der Waals surface area contributed by atoms with Crippen molar-refractivity contribution in [1.82, 2.24) is 15.5 Å². The quantitative estimate of drug-likeness (QED) is 0.186. The average molecular weight is 524 g/mol. The molecule has 36 heavy (non-hydrogen) atoms. The van der Waals surface area contributed by atoms with Gasteiger partial charge < -0.3 is 37.2 Å². The Labute approximate surface area is 213 Å². The van der Waals surface area contributed by atoms with Crippen molar-refractivity contribution in [2.24, 2.45) is 11.5 Å². The number of hydrogen-bond donors (Lipinski definition) is 6. The minimum absolute atomic E-state index is 0.0594. The molecule has 0 radical (unpaired) electrons. The monoisotopic (exact) mass is 523 g/mol. The zero-order chi connectivity index (χ0) is 26.8. The minimum atomic E-state index is -1.38. The first-order valence-electron chi connectivity index (χ1n) is 11.5. The number of rotatable bonds is 13. The highest BCUT2D eigenvalue weighted by atomic mass is 32.2. The van der Waals surface area contributed by atoms with Crippen LogP contribution < -0.4 is 22.1 Å². The Bertz CT molecular complexity index is 959. The second kappa shape index (κ2) is 13.7. The molecule has 1 saturated heterocycles. The zero-order valence-corrected chi connectivity index (χ0v) is 20.8. The van der Waals surface area contributed by atoms with Gasteiger partial charge in [0.15, 0.2) is 0 Å². The van der Waals surface area contributed by atoms with Gasteiger partial charge in [-0.15, -0.1) is 0 Å². The van der Waals surface area contributed by atoms with Gasteiger partial charge in [0, 0.05) is 6.54 Å². The predicted octanol–water partition coefficient (Wildman–Crippen LogP) is -1.06. The molecule has 13 heteroatoms. The molecule has 4 unspecified atom stereocenters. The van der Waals surface area contributed by atoms with E-state index in [1.807, 2.05) is 6.26 Å². The van der Waals surface area contributed by atoms with Crippen LogP contribution in [0.4, 0.5) is 0 Å². The van der Waals surface area contributed by atoms with Crippen LogP contribution in [-0.2, 0) is 30.4 Å². The van der Waals surface area contributed by atoms with Crippen molar-refractivity contribution in [3.8, 4) is 5.75 Å². The molecule has 0 aliphatic carbocycles. The van der Waals surface area contributed by atoms with Crippen LogP contribution in [-0.4, -0.2) is 87.4 Å². The van der Waals surface area contributed by atoms with Gasteiger partial charge in [-0.05, 0) is 55.4 Å². The molecule has 12 nitrogen and oxygen atoms in total. The van der Waals surface area contributed by atoms with Crippen LogP contribution in [0.5, 0.6) is 5.75 Å². The van der Waals surface area contributed by atoms with Gasteiger partial charge in [0.1, 0.15) is 23.9 Å². The van der Waals surface area contributed by atoms with Gasteiger partial charge >= 0.3 is 5.97 Å². The topological polar surface area (TPSA) is 205 Å². The lowest BCUT2D eigenvalue weighted by Crippen LogP contribution is -2.58. The van der Waals surface area contributed by atoms with E-state index in [-0.39, 0.29) is 25.1 Å². The average Bonchev–Trinajstić information content (AvgIpc) is 3.32. The van der Waals surface area contributed by atoms with E-state index in [4.69, 9.17) is 11.5 Å². The summed E-state index contributed by atoms with van der Waals surface area (Å²) in [5.41, 5.74) is 11.9. The van der Waals surface area contributed by atoms with Gasteiger partial charge in [-0.3, -0.25) is 19.2 Å². The lowest BCUT2D eigenvalue weighted by Gasteiger charge is -2.28. The third kappa shape index (κ3) is 8.41. The number of amides is 4. The number of aromatic hydroxyl groups is 1. The number of aliphatic carboxylic acids is 1. The molecule has 1 aromatic carbocycles. The molecule has 1 aromatic rings. The maximum atomic E-state index is 13.1. The smallest absolute Gasteiger partial charge is 0.326 e. The number of primary amides is 1. The summed E-state index contributed by atoms with van der Waals surface area (Å²) in [6.45, 7) is 0.259. The first kappa shape index (κ1) is 28.9. The Morgan fingerprint density at radius 2 is 1.75 bits per heavy atom. The van der Waals surface area contributed by atoms with Crippen molar-refractivity contribution in [2.45, 2.75) is 56.3 Å². The van der Waals surface area contributed by atoms with Gasteiger partial charge in [0.05, 0.1) is 12.5 Å². The lowest BCUT2D eigenvalue weighted by atomic mass is 10.0. The molecule has 198 valence electrons. The minimum Gasteiger partial charge on any atom is -0.508 e. The van der Waals surface area contributed by atoms with E-state index in [2.05, 4.69) is 10.6 Å². The van der Waals surface area contributed by atoms with E-state index in [0.717, 1.165) is 0 Å². The fraction of sp³-hybridized carbons (Fsp3) is 0.522. The van der Waals surface area contributed by atoms with Crippen LogP contribution in [0.1, 0.15) is 31.2 Å². The summed E-state index contributed by atoms with van der Waals surface area (Å²) in [6.07, 6.45) is 2.50. The number of nitrogens with two attached hydrogens (primary N) is 2. The van der Waals surface area contributed by atoms with Crippen molar-refractivity contribution in [3.63, 3.8) is 0 Å². The molecule has 0 spiro atoms. The Morgan fingerprint density at radius 3 is 2.33 bits per heavy atom. The predicted molar refractivity (Wildman–Crippen MR) is 133 cm³/mol. The number of likely N-dealkylation sites (tertiary alicyclic amines) is 1. The van der Waals surface area contributed by atoms with Crippen molar-refractivity contribution in [2.75, 3.05) is 18.6 Å². The third-order valence-corrected chi connectivity index (χ3v) is 6.46. The zero-order valence-electron chi connectivity index (χ0n) is 20.0. The highest BCUT2D eigenvalue weighted by molar-refractivity contribution is 7.98. The first-order chi connectivity index (χ1) is 17.0. The summed E-state index contributed by atoms with van der Waals surface area (Å²) in [6, 6.07) is 1.65. The molecular formula is C23H33N5O7S. The lowest BCUT2D eigenvalue weighted by molar-refractivity contribution is -0.149. The van der Waals surface area contributed by atoms with E-state index in [9.17, 15) is 34.2 Å². The Kier molecular flexibility index (Phi) is 11.0. The SMILES string of the molecule is CSCCC(NC(=O)C(CC(N)=O)NC(=O)C(N)Cc1ccc(O)cc1)C(=O)N1CCCC1C(=O)O. The van der Waals surface area contributed by atoms with Crippen molar-refractivity contribution < 1.29 is 34.2 Å². The summed E-state index contributed by atoms with van der Waals surface area (Å²) in [7, 11) is 0. The van der Waals surface area contributed by atoms with Crippen LogP contribution in [0.15, 0.2) is 24.3 Å². The van der Waals surface area contributed by atoms with Crippen LogP contribution >= 0.6 is 11.8 Å². The van der Waals surface area contributed by atoms with Gasteiger partial charge in [0.2, 0.25) is 23.6 Å². The molecular weight excluding hydrogens is 490 g/mol. The number of carboxylic acid groups (broad SMARTS) is 1. The Morgan fingerprint density at radius 1 is 1.11 bits per heavy atom. The highest BCUT2D eigenvalue weighted by Crippen LogP contribution is 2.20. The van der Waals surface area contributed by atoms with Crippen LogP contribution in [0.2, 0.25) is 0 Å². The maximum Gasteiger partial charge on any atom is 0.326 e. The highest BCUT2D eigenvalue weighted by Gasteiger charge is 2.38. The van der Waals surface area contributed by atoms with Gasteiger partial charge in [0.25, 0.3) is 0 Å². The molecule has 1 fully saturated rings. The molecule has 0 bridgehead atoms. The third-order valence-electron chi connectivity index (χ3n) is 5.81. The fourth-order valence-electron chi connectivity index (χ4n) is 3.92. The summed E-state index contributed by atoms with van der Waals surface area (Å²) in [4.78, 5) is 63.2. The molecule has 1 aliphatic rings. The molecule has 4 amide bonds. The first-order valence-corrected chi connectivity index (χ1v) is 12.9. The van der Waals surface area contributed by atoms with Crippen molar-refractivity contribution in [1.29, 1.82) is 0 Å². The van der Waals surface area contributed by atoms with Crippen molar-refractivity contribution in [3.05, 3.63) is 29.8 Å². The molecule has 2 rings (SSSR count). The van der Waals surface area contributed by atoms with Gasteiger partial charge in [-0.2, -0.15) is 11.8 Å².